The first kappa shape index (κ1) is 13.3. The van der Waals surface area contributed by atoms with Crippen LogP contribution < -0.4 is 11.2 Å². The van der Waals surface area contributed by atoms with Crippen molar-refractivity contribution in [2.45, 2.75) is 20.4 Å². The van der Waals surface area contributed by atoms with Crippen LogP contribution in [0.25, 0.3) is 0 Å². The maximum Gasteiger partial charge on any atom is 0.345 e. The number of carboxylic acids is 1. The van der Waals surface area contributed by atoms with Crippen molar-refractivity contribution in [3.8, 4) is 0 Å². The SMILES string of the molecule is Cc1sc(C(=O)O)cc1Cn1cc(C)c(=O)[nH]c1=O. The molecule has 0 aliphatic heterocycles. The van der Waals surface area contributed by atoms with Crippen molar-refractivity contribution in [1.29, 1.82) is 0 Å². The van der Waals surface area contributed by atoms with Gasteiger partial charge in [-0.1, -0.05) is 0 Å². The lowest BCUT2D eigenvalue weighted by molar-refractivity contribution is 0.0702. The van der Waals surface area contributed by atoms with Gasteiger partial charge in [-0.05, 0) is 25.5 Å². The van der Waals surface area contributed by atoms with Crippen LogP contribution in [-0.4, -0.2) is 20.6 Å². The summed E-state index contributed by atoms with van der Waals surface area (Å²) in [6, 6.07) is 1.55. The van der Waals surface area contributed by atoms with Crippen molar-refractivity contribution in [3.05, 3.63) is 54.0 Å². The number of aromatic nitrogens is 2. The topological polar surface area (TPSA) is 92.2 Å². The minimum atomic E-state index is -0.982. The van der Waals surface area contributed by atoms with Gasteiger partial charge in [0, 0.05) is 16.6 Å². The van der Waals surface area contributed by atoms with E-state index >= 15 is 0 Å². The lowest BCUT2D eigenvalue weighted by atomic mass is 10.2. The van der Waals surface area contributed by atoms with Gasteiger partial charge >= 0.3 is 11.7 Å². The Kier molecular flexibility index (Phi) is 3.39. The van der Waals surface area contributed by atoms with Gasteiger partial charge in [0.2, 0.25) is 0 Å². The van der Waals surface area contributed by atoms with Gasteiger partial charge in [-0.3, -0.25) is 14.3 Å². The van der Waals surface area contributed by atoms with Crippen molar-refractivity contribution < 1.29 is 9.90 Å². The lowest BCUT2D eigenvalue weighted by Crippen LogP contribution is -2.31. The molecule has 2 N–H and O–H groups in total. The van der Waals surface area contributed by atoms with E-state index in [2.05, 4.69) is 4.98 Å². The molecule has 0 bridgehead atoms. The Bertz CT molecular complexity index is 754. The van der Waals surface area contributed by atoms with Crippen LogP contribution in [0.1, 0.15) is 25.7 Å². The molecule has 7 heteroatoms. The summed E-state index contributed by atoms with van der Waals surface area (Å²) in [5, 5.41) is 8.92. The molecule has 0 aliphatic rings. The zero-order valence-corrected chi connectivity index (χ0v) is 11.2. The fourth-order valence-electron chi connectivity index (χ4n) is 1.70. The quantitative estimate of drug-likeness (QED) is 0.876. The molecule has 2 aromatic heterocycles. The van der Waals surface area contributed by atoms with Gasteiger partial charge in [0.1, 0.15) is 4.88 Å². The zero-order chi connectivity index (χ0) is 14.2. The largest absolute Gasteiger partial charge is 0.477 e. The van der Waals surface area contributed by atoms with E-state index in [1.165, 1.54) is 22.1 Å². The second-order valence-electron chi connectivity index (χ2n) is 4.20. The average Bonchev–Trinajstić information content (AvgIpc) is 2.68. The Morgan fingerprint density at radius 2 is 2.11 bits per heavy atom. The third-order valence-electron chi connectivity index (χ3n) is 2.76. The number of nitrogens with zero attached hydrogens (tertiary/aromatic N) is 1. The van der Waals surface area contributed by atoms with Crippen molar-refractivity contribution in [3.63, 3.8) is 0 Å². The molecule has 0 unspecified atom stereocenters. The number of hydrogen-bond donors (Lipinski definition) is 2. The summed E-state index contributed by atoms with van der Waals surface area (Å²) in [4.78, 5) is 37.1. The summed E-state index contributed by atoms with van der Waals surface area (Å²) in [6.45, 7) is 3.65. The molecule has 2 heterocycles. The van der Waals surface area contributed by atoms with E-state index in [1.807, 2.05) is 0 Å². The van der Waals surface area contributed by atoms with Gasteiger partial charge in [0.05, 0.1) is 6.54 Å². The van der Waals surface area contributed by atoms with Gasteiger partial charge in [0.25, 0.3) is 5.56 Å². The number of H-pyrrole nitrogens is 1. The maximum absolute atomic E-state index is 11.6. The fraction of sp³-hybridized carbons (Fsp3) is 0.250. The van der Waals surface area contributed by atoms with Crippen LogP contribution in [0.15, 0.2) is 21.9 Å². The molecule has 100 valence electrons. The van der Waals surface area contributed by atoms with E-state index in [-0.39, 0.29) is 11.4 Å². The highest BCUT2D eigenvalue weighted by Gasteiger charge is 2.12. The molecular formula is C12H12N2O4S. The highest BCUT2D eigenvalue weighted by atomic mass is 32.1. The van der Waals surface area contributed by atoms with Crippen LogP contribution in [0.2, 0.25) is 0 Å². The van der Waals surface area contributed by atoms with Crippen LogP contribution in [0.5, 0.6) is 0 Å². The fourth-order valence-corrected chi connectivity index (χ4v) is 2.57. The van der Waals surface area contributed by atoms with Crippen molar-refractivity contribution in [2.75, 3.05) is 0 Å². The monoisotopic (exact) mass is 280 g/mol. The molecule has 19 heavy (non-hydrogen) atoms. The van der Waals surface area contributed by atoms with E-state index in [0.717, 1.165) is 10.4 Å². The minimum Gasteiger partial charge on any atom is -0.477 e. The Hall–Kier alpha value is -2.15. The number of hydrogen-bond acceptors (Lipinski definition) is 4. The number of aryl methyl sites for hydroxylation is 2. The van der Waals surface area contributed by atoms with Gasteiger partial charge < -0.3 is 5.11 Å². The molecule has 0 aromatic carbocycles. The van der Waals surface area contributed by atoms with E-state index < -0.39 is 17.2 Å². The highest BCUT2D eigenvalue weighted by Crippen LogP contribution is 2.22. The third-order valence-corrected chi connectivity index (χ3v) is 3.84. The molecule has 0 radical (unpaired) electrons. The van der Waals surface area contributed by atoms with Crippen LogP contribution in [0, 0.1) is 13.8 Å². The van der Waals surface area contributed by atoms with Crippen LogP contribution in [-0.2, 0) is 6.54 Å². The number of nitrogens with one attached hydrogen (secondary N) is 1. The molecule has 2 rings (SSSR count). The Morgan fingerprint density at radius 1 is 1.42 bits per heavy atom. The summed E-state index contributed by atoms with van der Waals surface area (Å²) < 4.78 is 1.36. The first-order valence-electron chi connectivity index (χ1n) is 5.51. The smallest absolute Gasteiger partial charge is 0.345 e. The maximum atomic E-state index is 11.6. The summed E-state index contributed by atoms with van der Waals surface area (Å²) in [5.74, 6) is -0.982. The van der Waals surface area contributed by atoms with Crippen molar-refractivity contribution in [1.82, 2.24) is 9.55 Å². The minimum absolute atomic E-state index is 0.238. The van der Waals surface area contributed by atoms with E-state index in [0.29, 0.717) is 5.56 Å². The normalized spacial score (nSPS) is 10.6. The van der Waals surface area contributed by atoms with Gasteiger partial charge in [-0.2, -0.15) is 0 Å². The van der Waals surface area contributed by atoms with Gasteiger partial charge in [0.15, 0.2) is 0 Å². The molecule has 0 fully saturated rings. The number of carboxylic acid groups (broad SMARTS) is 1. The summed E-state index contributed by atoms with van der Waals surface area (Å²) in [6.07, 6.45) is 1.47. The van der Waals surface area contributed by atoms with Crippen LogP contribution in [0.4, 0.5) is 0 Å². The van der Waals surface area contributed by atoms with E-state index in [9.17, 15) is 14.4 Å². The summed E-state index contributed by atoms with van der Waals surface area (Å²) in [7, 11) is 0. The standard InChI is InChI=1S/C12H12N2O4S/c1-6-4-14(12(18)13-10(6)15)5-8-3-9(11(16)17)19-7(8)2/h3-4H,5H2,1-2H3,(H,16,17)(H,13,15,18). The zero-order valence-electron chi connectivity index (χ0n) is 10.4. The second-order valence-corrected chi connectivity index (χ2v) is 5.45. The Labute approximate surface area is 112 Å². The number of aromatic carboxylic acids is 1. The number of carbonyl (C=O) groups is 1. The highest BCUT2D eigenvalue weighted by molar-refractivity contribution is 7.14. The first-order chi connectivity index (χ1) is 8.88. The molecule has 0 amide bonds. The molecule has 0 aliphatic carbocycles. The molecule has 0 atom stereocenters. The molecule has 6 nitrogen and oxygen atoms in total. The predicted octanol–water partition coefficient (Wildman–Crippen LogP) is 0.961. The number of aromatic amines is 1. The second kappa shape index (κ2) is 4.85. The Balaban J connectivity index is 2.42. The summed E-state index contributed by atoms with van der Waals surface area (Å²) in [5.41, 5.74) is 0.287. The molecule has 2 aromatic rings. The number of rotatable bonds is 3. The van der Waals surface area contributed by atoms with E-state index in [4.69, 9.17) is 5.11 Å². The molecule has 0 saturated heterocycles. The van der Waals surface area contributed by atoms with Crippen molar-refractivity contribution in [2.24, 2.45) is 0 Å². The van der Waals surface area contributed by atoms with Gasteiger partial charge in [-0.15, -0.1) is 11.3 Å². The molecule has 0 spiro atoms. The van der Waals surface area contributed by atoms with E-state index in [1.54, 1.807) is 19.9 Å². The van der Waals surface area contributed by atoms with Crippen molar-refractivity contribution >= 4 is 17.3 Å². The van der Waals surface area contributed by atoms with Crippen LogP contribution in [0.3, 0.4) is 0 Å². The van der Waals surface area contributed by atoms with Gasteiger partial charge in [-0.25, -0.2) is 9.59 Å². The predicted molar refractivity (Wildman–Crippen MR) is 71.2 cm³/mol. The average molecular weight is 280 g/mol. The lowest BCUT2D eigenvalue weighted by Gasteiger charge is -2.05. The third kappa shape index (κ3) is 2.65. The first-order valence-corrected chi connectivity index (χ1v) is 6.33. The Morgan fingerprint density at radius 3 is 2.68 bits per heavy atom. The molecular weight excluding hydrogens is 268 g/mol. The number of thiophene rings is 1. The van der Waals surface area contributed by atoms with Crippen LogP contribution >= 0.6 is 11.3 Å². The summed E-state index contributed by atoms with van der Waals surface area (Å²) >= 11 is 1.17. The molecule has 0 saturated carbocycles.